The second-order valence-electron chi connectivity index (χ2n) is 3.67. The molecule has 0 aliphatic carbocycles. The monoisotopic (exact) mass is 298 g/mol. The molecule has 1 rings (SSSR count). The maximum absolute atomic E-state index is 10.5. The van der Waals surface area contributed by atoms with E-state index in [1.165, 1.54) is 0 Å². The Hall–Kier alpha value is 0.240. The van der Waals surface area contributed by atoms with E-state index in [0.29, 0.717) is 6.42 Å². The molecule has 0 radical (unpaired) electrons. The van der Waals surface area contributed by atoms with Gasteiger partial charge in [-0.15, -0.1) is 22.9 Å². The van der Waals surface area contributed by atoms with Crippen molar-refractivity contribution in [1.82, 2.24) is 0 Å². The Morgan fingerprint density at radius 3 is 2.69 bits per heavy atom. The highest BCUT2D eigenvalue weighted by molar-refractivity contribution is 7.11. The van der Waals surface area contributed by atoms with Gasteiger partial charge in [-0.05, 0) is 42.3 Å². The zero-order valence-electron chi connectivity index (χ0n) is 8.93. The summed E-state index contributed by atoms with van der Waals surface area (Å²) in [6, 6.07) is 0. The zero-order chi connectivity index (χ0) is 12.1. The first-order valence-electron chi connectivity index (χ1n) is 5.08. The molecule has 1 unspecified atom stereocenters. The molecule has 0 bridgehead atoms. The fourth-order valence-corrected chi connectivity index (χ4v) is 3.32. The van der Waals surface area contributed by atoms with E-state index in [9.17, 15) is 4.79 Å². The molecule has 1 aromatic heterocycles. The van der Waals surface area contributed by atoms with Gasteiger partial charge in [-0.1, -0.05) is 18.0 Å². The van der Waals surface area contributed by atoms with Crippen LogP contribution < -0.4 is 0 Å². The van der Waals surface area contributed by atoms with Crippen LogP contribution in [-0.2, 0) is 4.79 Å². The van der Waals surface area contributed by atoms with Gasteiger partial charge in [0.05, 0.1) is 10.4 Å². The van der Waals surface area contributed by atoms with Crippen molar-refractivity contribution in [2.75, 3.05) is 0 Å². The minimum absolute atomic E-state index is 0.0587. The first-order valence-corrected chi connectivity index (χ1v) is 7.15. The minimum atomic E-state index is -0.281. The van der Waals surface area contributed by atoms with Gasteiger partial charge in [0.2, 0.25) is 5.24 Å². The number of carbonyl (C=O) groups excluding carboxylic acids is 1. The van der Waals surface area contributed by atoms with Crippen LogP contribution in [-0.4, -0.2) is 5.24 Å². The number of hydrogen-bond acceptors (Lipinski definition) is 2. The molecule has 0 saturated carbocycles. The quantitative estimate of drug-likeness (QED) is 0.395. The summed E-state index contributed by atoms with van der Waals surface area (Å²) in [5.74, 6) is 0. The van der Waals surface area contributed by atoms with Crippen LogP contribution in [0.25, 0.3) is 0 Å². The van der Waals surface area contributed by atoms with Gasteiger partial charge in [-0.2, -0.15) is 0 Å². The van der Waals surface area contributed by atoms with Gasteiger partial charge in [-0.25, -0.2) is 0 Å². The highest BCUT2D eigenvalue weighted by Gasteiger charge is 2.15. The first-order chi connectivity index (χ1) is 7.52. The van der Waals surface area contributed by atoms with Gasteiger partial charge < -0.3 is 0 Å². The van der Waals surface area contributed by atoms with E-state index in [2.05, 4.69) is 0 Å². The smallest absolute Gasteiger partial charge is 0.221 e. The number of thiophene rings is 1. The number of alkyl halides is 1. The van der Waals surface area contributed by atoms with Crippen LogP contribution in [0.15, 0.2) is 5.38 Å². The Labute approximate surface area is 115 Å². The van der Waals surface area contributed by atoms with Crippen molar-refractivity contribution in [1.29, 1.82) is 0 Å². The van der Waals surface area contributed by atoms with Crippen molar-refractivity contribution < 1.29 is 4.79 Å². The lowest BCUT2D eigenvalue weighted by molar-refractivity contribution is -0.111. The van der Waals surface area contributed by atoms with Crippen LogP contribution in [0.2, 0.25) is 5.02 Å². The third-order valence-corrected chi connectivity index (χ3v) is 4.87. The summed E-state index contributed by atoms with van der Waals surface area (Å²) < 4.78 is 0. The van der Waals surface area contributed by atoms with E-state index in [0.717, 1.165) is 34.7 Å². The average Bonchev–Trinajstić information content (AvgIpc) is 2.54. The lowest BCUT2D eigenvalue weighted by Crippen LogP contribution is -1.91. The topological polar surface area (TPSA) is 17.1 Å². The second kappa shape index (κ2) is 6.85. The van der Waals surface area contributed by atoms with Crippen molar-refractivity contribution in [3.63, 3.8) is 0 Å². The summed E-state index contributed by atoms with van der Waals surface area (Å²) in [5, 5.41) is 2.45. The van der Waals surface area contributed by atoms with Gasteiger partial charge in [0.25, 0.3) is 0 Å². The molecule has 90 valence electrons. The van der Waals surface area contributed by atoms with Gasteiger partial charge in [-0.3, -0.25) is 4.79 Å². The number of halogens is 3. The normalized spacial score (nSPS) is 12.8. The number of aryl methyl sites for hydroxylation is 1. The molecule has 1 aromatic rings. The molecule has 0 aromatic carbocycles. The number of rotatable bonds is 6. The lowest BCUT2D eigenvalue weighted by atomic mass is 10.1. The van der Waals surface area contributed by atoms with Gasteiger partial charge in [0.1, 0.15) is 0 Å². The number of carbonyl (C=O) groups is 1. The third-order valence-electron chi connectivity index (χ3n) is 2.29. The van der Waals surface area contributed by atoms with Gasteiger partial charge in [0.15, 0.2) is 0 Å². The van der Waals surface area contributed by atoms with Crippen molar-refractivity contribution >= 4 is 51.4 Å². The zero-order valence-corrected chi connectivity index (χ0v) is 12.0. The summed E-state index contributed by atoms with van der Waals surface area (Å²) >= 11 is 19.2. The summed E-state index contributed by atoms with van der Waals surface area (Å²) in [7, 11) is 0. The minimum Gasteiger partial charge on any atom is -0.281 e. The summed E-state index contributed by atoms with van der Waals surface area (Å²) in [4.78, 5) is 11.6. The summed E-state index contributed by atoms with van der Waals surface area (Å²) in [6.45, 7) is 1.97. The van der Waals surface area contributed by atoms with Crippen molar-refractivity contribution in [3.05, 3.63) is 20.8 Å². The predicted molar refractivity (Wildman–Crippen MR) is 72.0 cm³/mol. The summed E-state index contributed by atoms with van der Waals surface area (Å²) in [5.41, 5.74) is 1.07. The molecule has 0 saturated heterocycles. The van der Waals surface area contributed by atoms with Crippen molar-refractivity contribution in [2.45, 2.75) is 38.0 Å². The fourth-order valence-electron chi connectivity index (χ4n) is 1.38. The van der Waals surface area contributed by atoms with Crippen LogP contribution in [0.1, 0.15) is 41.5 Å². The van der Waals surface area contributed by atoms with E-state index < -0.39 is 0 Å². The van der Waals surface area contributed by atoms with E-state index in [1.54, 1.807) is 11.3 Å². The molecule has 0 aliphatic heterocycles. The van der Waals surface area contributed by atoms with Crippen molar-refractivity contribution in [2.24, 2.45) is 0 Å². The molecule has 0 N–H and O–H groups in total. The van der Waals surface area contributed by atoms with Crippen LogP contribution in [0.3, 0.4) is 0 Å². The number of unbranched alkanes of at least 4 members (excludes halogenated alkanes) is 1. The molecule has 1 heterocycles. The van der Waals surface area contributed by atoms with E-state index in [1.807, 2.05) is 12.3 Å². The van der Waals surface area contributed by atoms with Crippen LogP contribution >= 0.6 is 46.1 Å². The Balaban J connectivity index is 2.38. The molecular formula is C11H13Cl3OS. The maximum Gasteiger partial charge on any atom is 0.221 e. The Bertz CT molecular complexity index is 362. The molecular weight excluding hydrogens is 287 g/mol. The Kier molecular flexibility index (Phi) is 6.12. The van der Waals surface area contributed by atoms with Crippen LogP contribution in [0.4, 0.5) is 0 Å². The van der Waals surface area contributed by atoms with Gasteiger partial charge in [0, 0.05) is 11.3 Å². The first kappa shape index (κ1) is 14.3. The predicted octanol–water partition coefficient (Wildman–Crippen LogP) is 5.32. The lowest BCUT2D eigenvalue weighted by Gasteiger charge is -2.07. The summed E-state index contributed by atoms with van der Waals surface area (Å²) in [6.07, 6.45) is 2.92. The number of hydrogen-bond donors (Lipinski definition) is 0. The molecule has 16 heavy (non-hydrogen) atoms. The molecule has 0 aliphatic rings. The second-order valence-corrected chi connectivity index (χ2v) is 5.90. The standard InChI is InChI=1S/C11H13Cl3OS/c1-7-6-16-11(10(7)14)8(12)4-2-3-5-9(13)15/h6,8H,2-5H2,1H3. The SMILES string of the molecule is Cc1csc(C(Cl)CCCCC(=O)Cl)c1Cl. The third kappa shape index (κ3) is 4.25. The molecule has 5 heteroatoms. The molecule has 1 nitrogen and oxygen atoms in total. The molecule has 1 atom stereocenters. The highest BCUT2D eigenvalue weighted by atomic mass is 35.5. The largest absolute Gasteiger partial charge is 0.281 e. The van der Waals surface area contributed by atoms with Crippen molar-refractivity contribution in [3.8, 4) is 0 Å². The van der Waals surface area contributed by atoms with Crippen LogP contribution in [0, 0.1) is 6.92 Å². The van der Waals surface area contributed by atoms with E-state index in [4.69, 9.17) is 34.8 Å². The van der Waals surface area contributed by atoms with E-state index >= 15 is 0 Å². The van der Waals surface area contributed by atoms with Gasteiger partial charge >= 0.3 is 0 Å². The Morgan fingerprint density at radius 1 is 1.50 bits per heavy atom. The van der Waals surface area contributed by atoms with E-state index in [-0.39, 0.29) is 10.6 Å². The van der Waals surface area contributed by atoms with Crippen LogP contribution in [0.5, 0.6) is 0 Å². The average molecular weight is 300 g/mol. The molecule has 0 amide bonds. The highest BCUT2D eigenvalue weighted by Crippen LogP contribution is 2.38. The maximum atomic E-state index is 10.5. The molecule has 0 fully saturated rings. The Morgan fingerprint density at radius 2 is 2.19 bits per heavy atom. The molecule has 0 spiro atoms. The fraction of sp³-hybridized carbons (Fsp3) is 0.545.